The monoisotopic (exact) mass is 230 g/mol. The number of aliphatic hydroxyl groups excluding tert-OH is 1. The zero-order valence-corrected chi connectivity index (χ0v) is 10.8. The molecule has 0 aliphatic rings. The predicted octanol–water partition coefficient (Wildman–Crippen LogP) is 2.91. The lowest BCUT2D eigenvalue weighted by Crippen LogP contribution is -2.23. The average Bonchev–Trinajstić information content (AvgIpc) is 2.41. The molecule has 0 aliphatic carbocycles. The van der Waals surface area contributed by atoms with Crippen molar-refractivity contribution in [3.05, 3.63) is 16.4 Å². The van der Waals surface area contributed by atoms with Crippen LogP contribution in [0.2, 0.25) is 5.15 Å². The average molecular weight is 231 g/mol. The first-order chi connectivity index (χ1) is 6.79. The van der Waals surface area contributed by atoms with E-state index in [0.29, 0.717) is 5.15 Å². The van der Waals surface area contributed by atoms with Crippen LogP contribution in [-0.4, -0.2) is 14.9 Å². The first-order valence-corrected chi connectivity index (χ1v) is 5.55. The molecule has 86 valence electrons. The Morgan fingerprint density at radius 2 is 1.93 bits per heavy atom. The van der Waals surface area contributed by atoms with Crippen LogP contribution < -0.4 is 0 Å². The molecule has 15 heavy (non-hydrogen) atoms. The van der Waals surface area contributed by atoms with E-state index in [4.69, 9.17) is 11.6 Å². The number of rotatable bonds is 2. The number of aliphatic hydroxyl groups is 1. The van der Waals surface area contributed by atoms with Crippen LogP contribution in [0.15, 0.2) is 0 Å². The van der Waals surface area contributed by atoms with Gasteiger partial charge in [-0.1, -0.05) is 25.4 Å². The van der Waals surface area contributed by atoms with Crippen molar-refractivity contribution in [2.45, 2.75) is 52.7 Å². The summed E-state index contributed by atoms with van der Waals surface area (Å²) >= 11 is 6.20. The highest BCUT2D eigenvalue weighted by Gasteiger charge is 2.24. The fraction of sp³-hybridized carbons (Fsp3) is 0.727. The predicted molar refractivity (Wildman–Crippen MR) is 62.2 cm³/mol. The van der Waals surface area contributed by atoms with Gasteiger partial charge in [-0.05, 0) is 26.7 Å². The van der Waals surface area contributed by atoms with Crippen LogP contribution in [0.3, 0.4) is 0 Å². The molecule has 1 aromatic heterocycles. The molecule has 0 fully saturated rings. The third-order valence-corrected chi connectivity index (χ3v) is 2.68. The van der Waals surface area contributed by atoms with Crippen molar-refractivity contribution in [3.8, 4) is 0 Å². The Labute approximate surface area is 96.1 Å². The Kier molecular flexibility index (Phi) is 3.46. The third-order valence-electron chi connectivity index (χ3n) is 2.29. The second kappa shape index (κ2) is 4.14. The van der Waals surface area contributed by atoms with Crippen molar-refractivity contribution in [1.29, 1.82) is 0 Å². The summed E-state index contributed by atoms with van der Waals surface area (Å²) in [6, 6.07) is 0. The summed E-state index contributed by atoms with van der Waals surface area (Å²) in [5.41, 5.74) is 1.48. The molecule has 0 aromatic carbocycles. The zero-order chi connectivity index (χ0) is 11.8. The van der Waals surface area contributed by atoms with Crippen LogP contribution >= 0.6 is 11.6 Å². The van der Waals surface area contributed by atoms with Gasteiger partial charge in [0.2, 0.25) is 0 Å². The Morgan fingerprint density at radius 3 is 2.20 bits per heavy atom. The molecule has 4 heteroatoms. The summed E-state index contributed by atoms with van der Waals surface area (Å²) in [6.07, 6.45) is 0. The van der Waals surface area contributed by atoms with Gasteiger partial charge in [-0.15, -0.1) is 0 Å². The molecule has 1 heterocycles. The van der Waals surface area contributed by atoms with Gasteiger partial charge in [-0.2, -0.15) is 5.10 Å². The van der Waals surface area contributed by atoms with E-state index in [-0.39, 0.29) is 18.1 Å². The Balaban J connectivity index is 3.34. The van der Waals surface area contributed by atoms with Crippen LogP contribution in [0.4, 0.5) is 0 Å². The summed E-state index contributed by atoms with van der Waals surface area (Å²) < 4.78 is 1.77. The van der Waals surface area contributed by atoms with Crippen molar-refractivity contribution in [2.75, 3.05) is 0 Å². The van der Waals surface area contributed by atoms with Crippen LogP contribution in [0, 0.1) is 0 Å². The molecule has 0 unspecified atom stereocenters. The summed E-state index contributed by atoms with van der Waals surface area (Å²) in [6.45, 7) is 10.2. The quantitative estimate of drug-likeness (QED) is 0.849. The fourth-order valence-corrected chi connectivity index (χ4v) is 1.95. The SMILES string of the molecule is CC(C)c1nn(C(C)(C)C)c(Cl)c1CO. The van der Waals surface area contributed by atoms with E-state index in [1.165, 1.54) is 0 Å². The lowest BCUT2D eigenvalue weighted by Gasteiger charge is -2.20. The van der Waals surface area contributed by atoms with Crippen LogP contribution in [0.5, 0.6) is 0 Å². The maximum atomic E-state index is 9.29. The van der Waals surface area contributed by atoms with Crippen molar-refractivity contribution in [1.82, 2.24) is 9.78 Å². The highest BCUT2D eigenvalue weighted by molar-refractivity contribution is 6.30. The number of hydrogen-bond donors (Lipinski definition) is 1. The van der Waals surface area contributed by atoms with Crippen molar-refractivity contribution in [3.63, 3.8) is 0 Å². The van der Waals surface area contributed by atoms with Gasteiger partial charge >= 0.3 is 0 Å². The lowest BCUT2D eigenvalue weighted by molar-refractivity contribution is 0.279. The van der Waals surface area contributed by atoms with Crippen molar-refractivity contribution < 1.29 is 5.11 Å². The topological polar surface area (TPSA) is 38.0 Å². The maximum Gasteiger partial charge on any atom is 0.133 e. The van der Waals surface area contributed by atoms with Crippen molar-refractivity contribution >= 4 is 11.6 Å². The maximum absolute atomic E-state index is 9.29. The Hall–Kier alpha value is -0.540. The van der Waals surface area contributed by atoms with E-state index >= 15 is 0 Å². The van der Waals surface area contributed by atoms with Crippen LogP contribution in [0.1, 0.15) is 51.8 Å². The largest absolute Gasteiger partial charge is 0.391 e. The van der Waals surface area contributed by atoms with E-state index in [1.807, 2.05) is 34.6 Å². The molecule has 0 aliphatic heterocycles. The van der Waals surface area contributed by atoms with E-state index < -0.39 is 0 Å². The Morgan fingerprint density at radius 1 is 1.40 bits per heavy atom. The van der Waals surface area contributed by atoms with Crippen LogP contribution in [-0.2, 0) is 12.1 Å². The van der Waals surface area contributed by atoms with Gasteiger partial charge in [0, 0.05) is 5.56 Å². The van der Waals surface area contributed by atoms with Crippen molar-refractivity contribution in [2.24, 2.45) is 0 Å². The molecule has 3 nitrogen and oxygen atoms in total. The summed E-state index contributed by atoms with van der Waals surface area (Å²) in [7, 11) is 0. The molecule has 0 saturated heterocycles. The first-order valence-electron chi connectivity index (χ1n) is 5.17. The molecular weight excluding hydrogens is 212 g/mol. The minimum atomic E-state index is -0.159. The molecule has 1 N–H and O–H groups in total. The molecule has 0 saturated carbocycles. The van der Waals surface area contributed by atoms with E-state index in [0.717, 1.165) is 11.3 Å². The molecule has 0 radical (unpaired) electrons. The van der Waals surface area contributed by atoms with E-state index in [9.17, 15) is 5.11 Å². The fourth-order valence-electron chi connectivity index (χ4n) is 1.50. The van der Waals surface area contributed by atoms with Gasteiger partial charge < -0.3 is 5.11 Å². The van der Waals surface area contributed by atoms with Gasteiger partial charge in [0.1, 0.15) is 5.15 Å². The molecule has 0 atom stereocenters. The zero-order valence-electron chi connectivity index (χ0n) is 10.0. The Bertz CT molecular complexity index is 350. The number of hydrogen-bond acceptors (Lipinski definition) is 2. The van der Waals surface area contributed by atoms with E-state index in [2.05, 4.69) is 5.10 Å². The normalized spacial score (nSPS) is 12.5. The van der Waals surface area contributed by atoms with Gasteiger partial charge in [0.25, 0.3) is 0 Å². The second-order valence-corrected chi connectivity index (χ2v) is 5.41. The van der Waals surface area contributed by atoms with Gasteiger partial charge in [0.05, 0.1) is 17.8 Å². The van der Waals surface area contributed by atoms with Crippen LogP contribution in [0.25, 0.3) is 0 Å². The molecular formula is C11H19ClN2O. The molecule has 1 aromatic rings. The molecule has 1 rings (SSSR count). The molecule has 0 amide bonds. The highest BCUT2D eigenvalue weighted by Crippen LogP contribution is 2.29. The minimum Gasteiger partial charge on any atom is -0.391 e. The standard InChI is InChI=1S/C11H19ClN2O/c1-7(2)9-8(6-15)10(12)14(13-9)11(3,4)5/h7,15H,6H2,1-5H3. The van der Waals surface area contributed by atoms with E-state index in [1.54, 1.807) is 4.68 Å². The van der Waals surface area contributed by atoms with Gasteiger partial charge in [-0.25, -0.2) is 4.68 Å². The van der Waals surface area contributed by atoms with Gasteiger partial charge in [0.15, 0.2) is 0 Å². The third kappa shape index (κ3) is 2.34. The smallest absolute Gasteiger partial charge is 0.133 e. The number of halogens is 1. The first kappa shape index (κ1) is 12.5. The second-order valence-electron chi connectivity index (χ2n) is 5.05. The number of aromatic nitrogens is 2. The minimum absolute atomic E-state index is 0.0531. The van der Waals surface area contributed by atoms with Gasteiger partial charge in [-0.3, -0.25) is 0 Å². The lowest BCUT2D eigenvalue weighted by atomic mass is 10.1. The number of nitrogens with zero attached hydrogens (tertiary/aromatic N) is 2. The summed E-state index contributed by atoms with van der Waals surface area (Å²) in [4.78, 5) is 0. The highest BCUT2D eigenvalue weighted by atomic mass is 35.5. The summed E-state index contributed by atoms with van der Waals surface area (Å²) in [5.74, 6) is 0.272. The molecule has 0 spiro atoms. The molecule has 0 bridgehead atoms. The summed E-state index contributed by atoms with van der Waals surface area (Å²) in [5, 5.41) is 14.3.